The van der Waals surface area contributed by atoms with Crippen molar-refractivity contribution in [2.45, 2.75) is 12.7 Å². The predicted molar refractivity (Wildman–Crippen MR) is 66.7 cm³/mol. The van der Waals surface area contributed by atoms with E-state index in [1.54, 1.807) is 24.3 Å². The Morgan fingerprint density at radius 2 is 2.05 bits per heavy atom. The first-order valence-corrected chi connectivity index (χ1v) is 5.60. The van der Waals surface area contributed by atoms with Crippen molar-refractivity contribution in [3.63, 3.8) is 0 Å². The van der Waals surface area contributed by atoms with Gasteiger partial charge in [-0.05, 0) is 12.1 Å². The van der Waals surface area contributed by atoms with E-state index in [2.05, 4.69) is 10.4 Å². The Kier molecular flexibility index (Phi) is 3.64. The summed E-state index contributed by atoms with van der Waals surface area (Å²) in [5.74, 6) is -0.514. The average molecular weight is 284 g/mol. The lowest BCUT2D eigenvalue weighted by molar-refractivity contribution is -0.137. The Morgan fingerprint density at radius 3 is 2.65 bits per heavy atom. The molecule has 3 N–H and O–H groups in total. The second-order valence-electron chi connectivity index (χ2n) is 4.06. The van der Waals surface area contributed by atoms with Crippen molar-refractivity contribution < 1.29 is 18.0 Å². The zero-order valence-electron chi connectivity index (χ0n) is 10.2. The number of carbonyl (C=O) groups excluding carboxylic acids is 1. The minimum Gasteiger partial charge on any atom is -0.397 e. The molecule has 0 atom stereocenters. The van der Waals surface area contributed by atoms with Gasteiger partial charge in [0.15, 0.2) is 0 Å². The van der Waals surface area contributed by atoms with Gasteiger partial charge in [0.25, 0.3) is 0 Å². The summed E-state index contributed by atoms with van der Waals surface area (Å²) < 4.78 is 38.0. The fourth-order valence-electron chi connectivity index (χ4n) is 1.54. The van der Waals surface area contributed by atoms with Crippen LogP contribution in [0.5, 0.6) is 0 Å². The molecule has 0 aliphatic rings. The Bertz CT molecular complexity index is 621. The molecule has 20 heavy (non-hydrogen) atoms. The SMILES string of the molecule is Nc1ccccc1NC(=O)Cn1cc(C(F)(F)F)cn1. The minimum atomic E-state index is -4.47. The summed E-state index contributed by atoms with van der Waals surface area (Å²) in [5, 5.41) is 5.99. The van der Waals surface area contributed by atoms with E-state index in [1.807, 2.05) is 0 Å². The third kappa shape index (κ3) is 3.28. The quantitative estimate of drug-likeness (QED) is 0.848. The third-order valence-electron chi connectivity index (χ3n) is 2.50. The van der Waals surface area contributed by atoms with Gasteiger partial charge < -0.3 is 11.1 Å². The average Bonchev–Trinajstić information content (AvgIpc) is 2.80. The maximum absolute atomic E-state index is 12.4. The number of hydrogen-bond acceptors (Lipinski definition) is 3. The summed E-state index contributed by atoms with van der Waals surface area (Å²) in [7, 11) is 0. The topological polar surface area (TPSA) is 72.9 Å². The number of rotatable bonds is 3. The second-order valence-corrected chi connectivity index (χ2v) is 4.06. The molecule has 0 unspecified atom stereocenters. The lowest BCUT2D eigenvalue weighted by atomic mass is 10.2. The minimum absolute atomic E-state index is 0.329. The van der Waals surface area contributed by atoms with Gasteiger partial charge in [0.1, 0.15) is 6.54 Å². The second kappa shape index (κ2) is 5.24. The van der Waals surface area contributed by atoms with Crippen molar-refractivity contribution in [2.75, 3.05) is 11.1 Å². The van der Waals surface area contributed by atoms with E-state index in [9.17, 15) is 18.0 Å². The molecule has 5 nitrogen and oxygen atoms in total. The summed E-state index contributed by atoms with van der Waals surface area (Å²) >= 11 is 0. The van der Waals surface area contributed by atoms with Gasteiger partial charge in [-0.2, -0.15) is 18.3 Å². The fourth-order valence-corrected chi connectivity index (χ4v) is 1.54. The molecule has 0 saturated carbocycles. The molecule has 1 aromatic heterocycles. The van der Waals surface area contributed by atoms with Gasteiger partial charge in [-0.3, -0.25) is 9.48 Å². The van der Waals surface area contributed by atoms with E-state index in [1.165, 1.54) is 0 Å². The van der Waals surface area contributed by atoms with E-state index < -0.39 is 17.6 Å². The van der Waals surface area contributed by atoms with Crippen LogP contribution in [0.15, 0.2) is 36.7 Å². The highest BCUT2D eigenvalue weighted by molar-refractivity contribution is 5.93. The number of nitrogens with zero attached hydrogens (tertiary/aromatic N) is 2. The molecule has 0 saturated heterocycles. The summed E-state index contributed by atoms with van der Waals surface area (Å²) in [6, 6.07) is 6.58. The van der Waals surface area contributed by atoms with Crippen LogP contribution in [0.25, 0.3) is 0 Å². The summed E-state index contributed by atoms with van der Waals surface area (Å²) in [5.41, 5.74) is 5.51. The van der Waals surface area contributed by atoms with E-state index in [4.69, 9.17) is 5.73 Å². The Morgan fingerprint density at radius 1 is 1.35 bits per heavy atom. The van der Waals surface area contributed by atoms with Gasteiger partial charge in [-0.15, -0.1) is 0 Å². The molecule has 0 radical (unpaired) electrons. The van der Waals surface area contributed by atoms with Crippen molar-refractivity contribution >= 4 is 17.3 Å². The smallest absolute Gasteiger partial charge is 0.397 e. The number of nitrogens with one attached hydrogen (secondary N) is 1. The van der Waals surface area contributed by atoms with Crippen LogP contribution in [0.4, 0.5) is 24.5 Å². The van der Waals surface area contributed by atoms with Gasteiger partial charge in [0, 0.05) is 6.20 Å². The number of carbonyl (C=O) groups is 1. The zero-order valence-corrected chi connectivity index (χ0v) is 10.2. The van der Waals surface area contributed by atoms with Gasteiger partial charge >= 0.3 is 6.18 Å². The van der Waals surface area contributed by atoms with Gasteiger partial charge in [0.2, 0.25) is 5.91 Å². The van der Waals surface area contributed by atoms with Crippen LogP contribution >= 0.6 is 0 Å². The summed E-state index contributed by atoms with van der Waals surface area (Å²) in [4.78, 5) is 11.7. The Labute approximate surface area is 112 Å². The van der Waals surface area contributed by atoms with Crippen molar-refractivity contribution in [2.24, 2.45) is 0 Å². The maximum Gasteiger partial charge on any atom is 0.419 e. The normalized spacial score (nSPS) is 11.3. The Balaban J connectivity index is 2.02. The largest absolute Gasteiger partial charge is 0.419 e. The number of nitrogens with two attached hydrogens (primary N) is 1. The van der Waals surface area contributed by atoms with Crippen LogP contribution < -0.4 is 11.1 Å². The van der Waals surface area contributed by atoms with Crippen molar-refractivity contribution in [3.05, 3.63) is 42.2 Å². The molecular weight excluding hydrogens is 273 g/mol. The van der Waals surface area contributed by atoms with Crippen LogP contribution in [-0.2, 0) is 17.5 Å². The van der Waals surface area contributed by atoms with Crippen LogP contribution in [0.2, 0.25) is 0 Å². The number of anilines is 2. The first-order valence-electron chi connectivity index (χ1n) is 5.60. The standard InChI is InChI=1S/C12H11F3N4O/c13-12(14,15)8-5-17-19(6-8)7-11(20)18-10-4-2-1-3-9(10)16/h1-6H,7,16H2,(H,18,20). The molecule has 0 aliphatic carbocycles. The van der Waals surface area contributed by atoms with Crippen LogP contribution in [0.3, 0.4) is 0 Å². The van der Waals surface area contributed by atoms with Crippen LogP contribution in [0.1, 0.15) is 5.56 Å². The molecule has 0 bridgehead atoms. The number of nitrogen functional groups attached to an aromatic ring is 1. The van der Waals surface area contributed by atoms with Crippen molar-refractivity contribution in [3.8, 4) is 0 Å². The monoisotopic (exact) mass is 284 g/mol. The number of halogens is 3. The number of benzene rings is 1. The lowest BCUT2D eigenvalue weighted by Crippen LogP contribution is -2.19. The van der Waals surface area contributed by atoms with Gasteiger partial charge in [-0.1, -0.05) is 12.1 Å². The van der Waals surface area contributed by atoms with E-state index >= 15 is 0 Å². The van der Waals surface area contributed by atoms with Crippen LogP contribution in [0, 0.1) is 0 Å². The number of alkyl halides is 3. The number of hydrogen-bond donors (Lipinski definition) is 2. The van der Waals surface area contributed by atoms with Gasteiger partial charge in [0.05, 0.1) is 23.1 Å². The molecule has 2 rings (SSSR count). The summed E-state index contributed by atoms with van der Waals surface area (Å²) in [6.07, 6.45) is -3.03. The molecule has 1 heterocycles. The first kappa shape index (κ1) is 13.9. The highest BCUT2D eigenvalue weighted by Gasteiger charge is 2.32. The number of amides is 1. The molecule has 0 fully saturated rings. The highest BCUT2D eigenvalue weighted by Crippen LogP contribution is 2.28. The van der Waals surface area contributed by atoms with E-state index in [-0.39, 0.29) is 6.54 Å². The van der Waals surface area contributed by atoms with E-state index in [0.29, 0.717) is 17.6 Å². The predicted octanol–water partition coefficient (Wildman–Crippen LogP) is 2.12. The molecule has 1 amide bonds. The maximum atomic E-state index is 12.4. The van der Waals surface area contributed by atoms with Gasteiger partial charge in [-0.25, -0.2) is 0 Å². The van der Waals surface area contributed by atoms with Crippen LogP contribution in [-0.4, -0.2) is 15.7 Å². The lowest BCUT2D eigenvalue weighted by Gasteiger charge is -2.07. The first-order chi connectivity index (χ1) is 9.36. The molecule has 0 spiro atoms. The molecule has 8 heteroatoms. The fraction of sp³-hybridized carbons (Fsp3) is 0.167. The molecule has 0 aliphatic heterocycles. The van der Waals surface area contributed by atoms with Crippen molar-refractivity contribution in [1.29, 1.82) is 0 Å². The summed E-state index contributed by atoms with van der Waals surface area (Å²) in [6.45, 7) is -0.329. The van der Waals surface area contributed by atoms with E-state index in [0.717, 1.165) is 10.9 Å². The number of para-hydroxylation sites is 2. The van der Waals surface area contributed by atoms with Crippen molar-refractivity contribution in [1.82, 2.24) is 9.78 Å². The molecule has 1 aromatic carbocycles. The highest BCUT2D eigenvalue weighted by atomic mass is 19.4. The third-order valence-corrected chi connectivity index (χ3v) is 2.50. The Hall–Kier alpha value is -2.51. The molecule has 106 valence electrons. The zero-order chi connectivity index (χ0) is 14.8. The molecular formula is C12H11F3N4O. The molecule has 2 aromatic rings. The number of aromatic nitrogens is 2.